The summed E-state index contributed by atoms with van der Waals surface area (Å²) in [5.41, 5.74) is 0.158. The maximum atomic E-state index is 12.2. The Balaban J connectivity index is 1.79. The molecule has 0 N–H and O–H groups in total. The summed E-state index contributed by atoms with van der Waals surface area (Å²) in [5, 5.41) is 1.73. The lowest BCUT2D eigenvalue weighted by atomic mass is 10.2. The fourth-order valence-electron chi connectivity index (χ4n) is 2.18. The highest BCUT2D eigenvalue weighted by Gasteiger charge is 2.19. The molecule has 136 valence electrons. The molecule has 0 amide bonds. The minimum absolute atomic E-state index is 0.00618. The van der Waals surface area contributed by atoms with Crippen LogP contribution in [0.1, 0.15) is 16.1 Å². The molecule has 0 saturated carbocycles. The SMILES string of the molecule is CN(C)S(=O)(=O)c1cccc(C(=O)OCc2cc(=O)n3ccsc3n2)c1. The summed E-state index contributed by atoms with van der Waals surface area (Å²) in [6.45, 7) is -0.187. The highest BCUT2D eigenvalue weighted by atomic mass is 32.2. The van der Waals surface area contributed by atoms with Crippen molar-refractivity contribution in [3.63, 3.8) is 0 Å². The van der Waals surface area contributed by atoms with Crippen molar-refractivity contribution in [3.05, 3.63) is 63.5 Å². The van der Waals surface area contributed by atoms with E-state index in [0.29, 0.717) is 10.7 Å². The summed E-state index contributed by atoms with van der Waals surface area (Å²) in [6.07, 6.45) is 1.61. The molecule has 0 saturated heterocycles. The molecule has 0 fully saturated rings. The number of carbonyl (C=O) groups is 1. The van der Waals surface area contributed by atoms with Crippen LogP contribution in [0.3, 0.4) is 0 Å². The second kappa shape index (κ2) is 6.98. The molecule has 2 heterocycles. The van der Waals surface area contributed by atoms with Gasteiger partial charge in [0.15, 0.2) is 4.96 Å². The summed E-state index contributed by atoms with van der Waals surface area (Å²) >= 11 is 1.29. The molecule has 1 aromatic carbocycles. The number of esters is 1. The van der Waals surface area contributed by atoms with E-state index in [-0.39, 0.29) is 22.6 Å². The maximum Gasteiger partial charge on any atom is 0.338 e. The lowest BCUT2D eigenvalue weighted by Gasteiger charge is -2.12. The van der Waals surface area contributed by atoms with Gasteiger partial charge in [0.2, 0.25) is 10.0 Å². The predicted octanol–water partition coefficient (Wildman–Crippen LogP) is 1.36. The van der Waals surface area contributed by atoms with Crippen molar-refractivity contribution in [1.29, 1.82) is 0 Å². The third-order valence-electron chi connectivity index (χ3n) is 3.56. The van der Waals surface area contributed by atoms with Gasteiger partial charge in [-0.25, -0.2) is 22.5 Å². The molecule has 3 aromatic rings. The summed E-state index contributed by atoms with van der Waals surface area (Å²) in [5.74, 6) is -0.700. The average molecular weight is 393 g/mol. The average Bonchev–Trinajstić information content (AvgIpc) is 3.09. The Kier molecular flexibility index (Phi) is 4.90. The number of hydrogen-bond acceptors (Lipinski definition) is 7. The van der Waals surface area contributed by atoms with Crippen LogP contribution in [0.25, 0.3) is 4.96 Å². The second-order valence-electron chi connectivity index (χ2n) is 5.53. The summed E-state index contributed by atoms with van der Waals surface area (Å²) in [7, 11) is -0.837. The Morgan fingerprint density at radius 1 is 1.31 bits per heavy atom. The maximum absolute atomic E-state index is 12.2. The number of benzene rings is 1. The third-order valence-corrected chi connectivity index (χ3v) is 6.12. The predicted molar refractivity (Wildman–Crippen MR) is 95.8 cm³/mol. The molecular weight excluding hydrogens is 378 g/mol. The molecule has 10 heteroatoms. The number of rotatable bonds is 5. The molecule has 0 atom stereocenters. The van der Waals surface area contributed by atoms with Crippen LogP contribution in [0.15, 0.2) is 51.6 Å². The van der Waals surface area contributed by atoms with E-state index in [0.717, 1.165) is 4.31 Å². The topological polar surface area (TPSA) is 98.0 Å². The van der Waals surface area contributed by atoms with Crippen LogP contribution in [-0.4, -0.2) is 42.2 Å². The van der Waals surface area contributed by atoms with E-state index >= 15 is 0 Å². The van der Waals surface area contributed by atoms with Crippen LogP contribution in [0.2, 0.25) is 0 Å². The van der Waals surface area contributed by atoms with Crippen LogP contribution in [-0.2, 0) is 21.4 Å². The quantitative estimate of drug-likeness (QED) is 0.607. The van der Waals surface area contributed by atoms with Crippen molar-refractivity contribution in [2.75, 3.05) is 14.1 Å². The van der Waals surface area contributed by atoms with Gasteiger partial charge in [0.05, 0.1) is 16.2 Å². The van der Waals surface area contributed by atoms with E-state index in [2.05, 4.69) is 4.98 Å². The van der Waals surface area contributed by atoms with Crippen molar-refractivity contribution in [3.8, 4) is 0 Å². The van der Waals surface area contributed by atoms with E-state index in [1.165, 1.54) is 60.2 Å². The Labute approximate surface area is 153 Å². The first-order valence-corrected chi connectivity index (χ1v) is 9.76. The smallest absolute Gasteiger partial charge is 0.338 e. The molecule has 0 spiro atoms. The van der Waals surface area contributed by atoms with Crippen LogP contribution >= 0.6 is 11.3 Å². The largest absolute Gasteiger partial charge is 0.456 e. The third kappa shape index (κ3) is 3.52. The second-order valence-corrected chi connectivity index (χ2v) is 8.56. The molecule has 2 aromatic heterocycles. The highest BCUT2D eigenvalue weighted by molar-refractivity contribution is 7.89. The van der Waals surface area contributed by atoms with Gasteiger partial charge in [-0.15, -0.1) is 11.3 Å². The lowest BCUT2D eigenvalue weighted by Crippen LogP contribution is -2.22. The van der Waals surface area contributed by atoms with Gasteiger partial charge in [0.25, 0.3) is 5.56 Å². The van der Waals surface area contributed by atoms with Gasteiger partial charge in [-0.3, -0.25) is 9.20 Å². The zero-order chi connectivity index (χ0) is 18.9. The monoisotopic (exact) mass is 393 g/mol. The van der Waals surface area contributed by atoms with E-state index in [4.69, 9.17) is 4.74 Å². The Morgan fingerprint density at radius 3 is 2.81 bits per heavy atom. The molecular formula is C16H15N3O5S2. The summed E-state index contributed by atoms with van der Waals surface area (Å²) in [6, 6.07) is 6.87. The molecule has 26 heavy (non-hydrogen) atoms. The molecule has 8 nitrogen and oxygen atoms in total. The first-order chi connectivity index (χ1) is 12.3. The van der Waals surface area contributed by atoms with Gasteiger partial charge in [0, 0.05) is 31.7 Å². The number of nitrogens with zero attached hydrogens (tertiary/aromatic N) is 3. The number of sulfonamides is 1. The van der Waals surface area contributed by atoms with E-state index in [1.54, 1.807) is 11.6 Å². The molecule has 0 bridgehead atoms. The number of carbonyl (C=O) groups excluding carboxylic acids is 1. The molecule has 0 aliphatic rings. The van der Waals surface area contributed by atoms with Gasteiger partial charge in [0.1, 0.15) is 6.61 Å². The van der Waals surface area contributed by atoms with Gasteiger partial charge >= 0.3 is 5.97 Å². The molecule has 0 aliphatic carbocycles. The standard InChI is InChI=1S/C16H15N3O5S2/c1-18(2)26(22,23)13-5-3-4-11(8-13)15(21)24-10-12-9-14(20)19-6-7-25-16(19)17-12/h3-9H,10H2,1-2H3. The van der Waals surface area contributed by atoms with Crippen LogP contribution in [0, 0.1) is 0 Å². The van der Waals surface area contributed by atoms with E-state index in [1.807, 2.05) is 0 Å². The summed E-state index contributed by atoms with van der Waals surface area (Å²) in [4.78, 5) is 28.9. The number of aromatic nitrogens is 2. The fraction of sp³-hybridized carbons (Fsp3) is 0.188. The van der Waals surface area contributed by atoms with Gasteiger partial charge in [-0.2, -0.15) is 0 Å². The minimum atomic E-state index is -3.65. The number of ether oxygens (including phenoxy) is 1. The normalized spacial score (nSPS) is 11.8. The number of thiazole rings is 1. The first-order valence-electron chi connectivity index (χ1n) is 7.44. The van der Waals surface area contributed by atoms with Crippen LogP contribution < -0.4 is 5.56 Å². The van der Waals surface area contributed by atoms with Crippen LogP contribution in [0.5, 0.6) is 0 Å². The summed E-state index contributed by atoms with van der Waals surface area (Å²) < 4.78 is 31.9. The van der Waals surface area contributed by atoms with Gasteiger partial charge in [-0.05, 0) is 18.2 Å². The molecule has 0 aliphatic heterocycles. The molecule has 0 unspecified atom stereocenters. The Morgan fingerprint density at radius 2 is 2.08 bits per heavy atom. The highest BCUT2D eigenvalue weighted by Crippen LogP contribution is 2.16. The lowest BCUT2D eigenvalue weighted by molar-refractivity contribution is 0.0467. The zero-order valence-electron chi connectivity index (χ0n) is 13.9. The van der Waals surface area contributed by atoms with Crippen molar-refractivity contribution in [1.82, 2.24) is 13.7 Å². The van der Waals surface area contributed by atoms with Crippen LogP contribution in [0.4, 0.5) is 0 Å². The van der Waals surface area contributed by atoms with E-state index in [9.17, 15) is 18.0 Å². The van der Waals surface area contributed by atoms with Gasteiger partial charge < -0.3 is 4.74 Å². The van der Waals surface area contributed by atoms with Crippen molar-refractivity contribution < 1.29 is 17.9 Å². The molecule has 3 rings (SSSR count). The first kappa shape index (κ1) is 18.2. The van der Waals surface area contributed by atoms with Crippen molar-refractivity contribution in [2.45, 2.75) is 11.5 Å². The Hall–Kier alpha value is -2.56. The number of fused-ring (bicyclic) bond motifs is 1. The zero-order valence-corrected chi connectivity index (χ0v) is 15.6. The fourth-order valence-corrected chi connectivity index (χ4v) is 3.87. The number of hydrogen-bond donors (Lipinski definition) is 0. The van der Waals surface area contributed by atoms with Gasteiger partial charge in [-0.1, -0.05) is 6.07 Å². The Bertz CT molecular complexity index is 1130. The van der Waals surface area contributed by atoms with Crippen molar-refractivity contribution >= 4 is 32.3 Å². The van der Waals surface area contributed by atoms with Crippen molar-refractivity contribution in [2.24, 2.45) is 0 Å². The molecule has 0 radical (unpaired) electrons. The van der Waals surface area contributed by atoms with E-state index < -0.39 is 16.0 Å². The minimum Gasteiger partial charge on any atom is -0.456 e.